The van der Waals surface area contributed by atoms with E-state index in [2.05, 4.69) is 21.8 Å². The maximum absolute atomic E-state index is 13.7. The second kappa shape index (κ2) is 10.3. The summed E-state index contributed by atoms with van der Waals surface area (Å²) < 4.78 is 56.8. The highest BCUT2D eigenvalue weighted by atomic mass is 32.2. The number of likely N-dealkylation sites (tertiary alicyclic amines) is 1. The summed E-state index contributed by atoms with van der Waals surface area (Å²) in [4.78, 5) is 2.74. The molecule has 0 aromatic heterocycles. The van der Waals surface area contributed by atoms with E-state index in [1.54, 1.807) is 22.5 Å². The van der Waals surface area contributed by atoms with E-state index in [9.17, 15) is 16.8 Å². The van der Waals surface area contributed by atoms with Crippen molar-refractivity contribution < 1.29 is 16.8 Å². The van der Waals surface area contributed by atoms with E-state index < -0.39 is 20.0 Å². The molecule has 5 rings (SSSR count). The summed E-state index contributed by atoms with van der Waals surface area (Å²) in [6.07, 6.45) is 3.38. The Morgan fingerprint density at radius 3 is 1.83 bits per heavy atom. The summed E-state index contributed by atoms with van der Waals surface area (Å²) in [5.74, 6) is 0. The van der Waals surface area contributed by atoms with Gasteiger partial charge in [-0.3, -0.25) is 9.62 Å². The van der Waals surface area contributed by atoms with Crippen LogP contribution in [0.5, 0.6) is 0 Å². The Kier molecular flexibility index (Phi) is 7.16. The van der Waals surface area contributed by atoms with Crippen LogP contribution in [0.4, 0.5) is 5.69 Å². The molecule has 1 saturated carbocycles. The lowest BCUT2D eigenvalue weighted by atomic mass is 10.0. The fraction of sp³-hybridized carbons (Fsp3) is 0.333. The average molecular weight is 526 g/mol. The second-order valence-electron chi connectivity index (χ2n) is 9.50. The first kappa shape index (κ1) is 25.0. The molecule has 0 atom stereocenters. The molecule has 2 aliphatic rings. The number of anilines is 1. The van der Waals surface area contributed by atoms with Crippen LogP contribution in [-0.4, -0.2) is 51.2 Å². The normalized spacial score (nSPS) is 17.8. The van der Waals surface area contributed by atoms with Crippen molar-refractivity contribution in [3.63, 3.8) is 0 Å². The third kappa shape index (κ3) is 5.64. The Morgan fingerprint density at radius 1 is 0.694 bits per heavy atom. The minimum Gasteiger partial charge on any atom is -0.299 e. The number of rotatable bonds is 9. The van der Waals surface area contributed by atoms with Gasteiger partial charge >= 0.3 is 0 Å². The zero-order chi connectivity index (χ0) is 25.2. The van der Waals surface area contributed by atoms with Crippen LogP contribution in [0, 0.1) is 0 Å². The van der Waals surface area contributed by atoms with Crippen LogP contribution in [0.3, 0.4) is 0 Å². The van der Waals surface area contributed by atoms with Gasteiger partial charge in [0.1, 0.15) is 0 Å². The van der Waals surface area contributed by atoms with Crippen molar-refractivity contribution in [1.29, 1.82) is 0 Å². The molecule has 0 radical (unpaired) electrons. The summed E-state index contributed by atoms with van der Waals surface area (Å²) in [6.45, 7) is 2.60. The molecule has 1 aliphatic heterocycles. The molecule has 3 aromatic rings. The molecule has 2 fully saturated rings. The van der Waals surface area contributed by atoms with E-state index in [1.165, 1.54) is 42.0 Å². The van der Waals surface area contributed by atoms with Crippen molar-refractivity contribution in [2.45, 2.75) is 54.1 Å². The van der Waals surface area contributed by atoms with Crippen LogP contribution >= 0.6 is 0 Å². The van der Waals surface area contributed by atoms with Crippen molar-refractivity contribution in [3.05, 3.63) is 90.5 Å². The van der Waals surface area contributed by atoms with Crippen LogP contribution in [0.25, 0.3) is 0 Å². The summed E-state index contributed by atoms with van der Waals surface area (Å²) in [7, 11) is -7.43. The Labute approximate surface area is 213 Å². The standard InChI is InChI=1S/C27H31N3O4S2/c31-35(32,26-9-5-2-6-10-26)28-23-11-15-27(16-12-23)36(33,34)30(24-13-14-24)25-17-19-29(20-18-25)21-22-7-3-1-4-8-22/h1-12,15-16,24-25,28H,13-14,17-21H2. The zero-order valence-electron chi connectivity index (χ0n) is 20.0. The summed E-state index contributed by atoms with van der Waals surface area (Å²) >= 11 is 0. The maximum Gasteiger partial charge on any atom is 0.261 e. The Balaban J connectivity index is 1.27. The molecule has 0 amide bonds. The Hall–Kier alpha value is -2.72. The lowest BCUT2D eigenvalue weighted by Crippen LogP contribution is -2.48. The van der Waals surface area contributed by atoms with Gasteiger partial charge in [0.25, 0.3) is 10.0 Å². The molecule has 7 nitrogen and oxygen atoms in total. The Bertz CT molecular complexity index is 1370. The Morgan fingerprint density at radius 2 is 1.25 bits per heavy atom. The highest BCUT2D eigenvalue weighted by Crippen LogP contribution is 2.37. The zero-order valence-corrected chi connectivity index (χ0v) is 21.7. The fourth-order valence-electron chi connectivity index (χ4n) is 4.82. The van der Waals surface area contributed by atoms with Crippen LogP contribution in [0.2, 0.25) is 0 Å². The van der Waals surface area contributed by atoms with Crippen molar-refractivity contribution in [3.8, 4) is 0 Å². The lowest BCUT2D eigenvalue weighted by molar-refractivity contribution is 0.150. The highest BCUT2D eigenvalue weighted by molar-refractivity contribution is 7.92. The SMILES string of the molecule is O=S(=O)(Nc1ccc(S(=O)(=O)N(C2CC2)C2CCN(Cc3ccccc3)CC2)cc1)c1ccccc1. The number of sulfonamides is 2. The van der Waals surface area contributed by atoms with Crippen LogP contribution < -0.4 is 4.72 Å². The number of nitrogens with one attached hydrogen (secondary N) is 1. The summed E-state index contributed by atoms with van der Waals surface area (Å²) in [6, 6.07) is 24.5. The molecule has 36 heavy (non-hydrogen) atoms. The predicted octanol–water partition coefficient (Wildman–Crippen LogP) is 4.31. The minimum absolute atomic E-state index is 0.0224. The van der Waals surface area contributed by atoms with Crippen molar-refractivity contribution in [1.82, 2.24) is 9.21 Å². The van der Waals surface area contributed by atoms with E-state index in [1.807, 2.05) is 18.2 Å². The van der Waals surface area contributed by atoms with Crippen LogP contribution in [0.15, 0.2) is 94.7 Å². The topological polar surface area (TPSA) is 86.8 Å². The van der Waals surface area contributed by atoms with E-state index in [-0.39, 0.29) is 21.9 Å². The largest absolute Gasteiger partial charge is 0.299 e. The smallest absolute Gasteiger partial charge is 0.261 e. The van der Waals surface area contributed by atoms with Gasteiger partial charge in [-0.2, -0.15) is 4.31 Å². The molecular formula is C27H31N3O4S2. The van der Waals surface area contributed by atoms with Gasteiger partial charge in [-0.15, -0.1) is 0 Å². The van der Waals surface area contributed by atoms with Gasteiger partial charge < -0.3 is 0 Å². The molecule has 1 heterocycles. The van der Waals surface area contributed by atoms with Crippen LogP contribution in [-0.2, 0) is 26.6 Å². The quantitative estimate of drug-likeness (QED) is 0.450. The monoisotopic (exact) mass is 525 g/mol. The first-order chi connectivity index (χ1) is 17.3. The molecule has 1 saturated heterocycles. The average Bonchev–Trinajstić information content (AvgIpc) is 3.71. The van der Waals surface area contributed by atoms with Crippen molar-refractivity contribution in [2.75, 3.05) is 17.8 Å². The molecule has 1 aliphatic carbocycles. The molecule has 190 valence electrons. The number of piperidine rings is 1. The van der Waals surface area contributed by atoms with Gasteiger partial charge in [0.2, 0.25) is 10.0 Å². The molecule has 0 unspecified atom stereocenters. The van der Waals surface area contributed by atoms with E-state index in [4.69, 9.17) is 0 Å². The molecule has 3 aromatic carbocycles. The van der Waals surface area contributed by atoms with E-state index in [0.717, 1.165) is 45.3 Å². The maximum atomic E-state index is 13.7. The van der Waals surface area contributed by atoms with E-state index >= 15 is 0 Å². The first-order valence-corrected chi connectivity index (χ1v) is 15.2. The number of benzene rings is 3. The predicted molar refractivity (Wildman–Crippen MR) is 140 cm³/mol. The lowest BCUT2D eigenvalue weighted by Gasteiger charge is -2.38. The molecular weight excluding hydrogens is 494 g/mol. The third-order valence-electron chi connectivity index (χ3n) is 6.81. The summed E-state index contributed by atoms with van der Waals surface area (Å²) in [5, 5.41) is 0. The fourth-order valence-corrected chi connectivity index (χ4v) is 7.83. The van der Waals surface area contributed by atoms with Crippen molar-refractivity contribution >= 4 is 25.7 Å². The molecule has 0 spiro atoms. The van der Waals surface area contributed by atoms with Gasteiger partial charge in [0, 0.05) is 37.4 Å². The highest BCUT2D eigenvalue weighted by Gasteiger charge is 2.43. The summed E-state index contributed by atoms with van der Waals surface area (Å²) in [5.41, 5.74) is 1.59. The van der Waals surface area contributed by atoms with Crippen molar-refractivity contribution in [2.24, 2.45) is 0 Å². The van der Waals surface area contributed by atoms with Gasteiger partial charge in [0.15, 0.2) is 0 Å². The first-order valence-electron chi connectivity index (χ1n) is 12.3. The number of hydrogen-bond donors (Lipinski definition) is 1. The molecule has 1 N–H and O–H groups in total. The second-order valence-corrected chi connectivity index (χ2v) is 13.0. The van der Waals surface area contributed by atoms with Gasteiger partial charge in [-0.1, -0.05) is 48.5 Å². The van der Waals surface area contributed by atoms with Crippen LogP contribution in [0.1, 0.15) is 31.2 Å². The molecule has 0 bridgehead atoms. The van der Waals surface area contributed by atoms with Gasteiger partial charge in [-0.25, -0.2) is 16.8 Å². The third-order valence-corrected chi connectivity index (χ3v) is 10.2. The molecule has 9 heteroatoms. The van der Waals surface area contributed by atoms with E-state index in [0.29, 0.717) is 5.69 Å². The van der Waals surface area contributed by atoms with Gasteiger partial charge in [-0.05, 0) is 67.6 Å². The van der Waals surface area contributed by atoms with Gasteiger partial charge in [0.05, 0.1) is 9.79 Å². The number of hydrogen-bond acceptors (Lipinski definition) is 5. The minimum atomic E-state index is -3.74. The number of nitrogens with zero attached hydrogens (tertiary/aromatic N) is 2.